The van der Waals surface area contributed by atoms with Gasteiger partial charge in [-0.05, 0) is 48.6 Å². The van der Waals surface area contributed by atoms with E-state index in [1.807, 2.05) is 37.3 Å². The van der Waals surface area contributed by atoms with Crippen molar-refractivity contribution in [2.24, 2.45) is 0 Å². The van der Waals surface area contributed by atoms with Crippen LogP contribution in [0.1, 0.15) is 30.5 Å². The zero-order valence-corrected chi connectivity index (χ0v) is 15.1. The fourth-order valence-electron chi connectivity index (χ4n) is 3.03. The standard InChI is InChI=1S/C19H24BNO5/c1-3-6-25-19-9-14(4-5-18(19)24-2)16-7-13(11-22)8-17(21-16)15-10-20(23)26-12-15/h4-5,7-9,15,22-23H,3,6,10-12H2,1-2H3/t15-/m1/s1. The second-order valence-corrected chi connectivity index (χ2v) is 6.38. The highest BCUT2D eigenvalue weighted by atomic mass is 16.5. The number of hydrogen-bond donors (Lipinski definition) is 2. The van der Waals surface area contributed by atoms with Gasteiger partial charge in [-0.1, -0.05) is 6.92 Å². The number of pyridine rings is 1. The Labute approximate surface area is 153 Å². The number of ether oxygens (including phenoxy) is 2. The van der Waals surface area contributed by atoms with Gasteiger partial charge < -0.3 is 24.3 Å². The molecular formula is C19H24BNO5. The summed E-state index contributed by atoms with van der Waals surface area (Å²) in [4.78, 5) is 4.75. The molecule has 0 radical (unpaired) electrons. The van der Waals surface area contributed by atoms with Gasteiger partial charge in [0.1, 0.15) is 0 Å². The average molecular weight is 357 g/mol. The number of aromatic nitrogens is 1. The van der Waals surface area contributed by atoms with E-state index in [0.717, 1.165) is 28.9 Å². The van der Waals surface area contributed by atoms with E-state index in [2.05, 4.69) is 0 Å². The third-order valence-corrected chi connectivity index (χ3v) is 4.40. The first-order valence-corrected chi connectivity index (χ1v) is 8.87. The van der Waals surface area contributed by atoms with Gasteiger partial charge in [0.05, 0.1) is 26.0 Å². The lowest BCUT2D eigenvalue weighted by Crippen LogP contribution is -2.08. The molecule has 1 aliphatic heterocycles. The van der Waals surface area contributed by atoms with Crippen LogP contribution in [0.5, 0.6) is 11.5 Å². The summed E-state index contributed by atoms with van der Waals surface area (Å²) in [6, 6.07) is 9.41. The molecule has 6 nitrogen and oxygen atoms in total. The van der Waals surface area contributed by atoms with Crippen LogP contribution in [-0.2, 0) is 11.3 Å². The summed E-state index contributed by atoms with van der Waals surface area (Å²) in [5, 5.41) is 19.2. The molecule has 0 spiro atoms. The molecule has 2 aromatic rings. The van der Waals surface area contributed by atoms with Crippen molar-refractivity contribution < 1.29 is 24.3 Å². The number of aliphatic hydroxyl groups excluding tert-OH is 1. The van der Waals surface area contributed by atoms with Gasteiger partial charge in [-0.3, -0.25) is 4.98 Å². The van der Waals surface area contributed by atoms with E-state index in [-0.39, 0.29) is 12.5 Å². The lowest BCUT2D eigenvalue weighted by Gasteiger charge is -2.14. The largest absolute Gasteiger partial charge is 0.493 e. The molecule has 0 amide bonds. The highest BCUT2D eigenvalue weighted by Gasteiger charge is 2.31. The third-order valence-electron chi connectivity index (χ3n) is 4.40. The topological polar surface area (TPSA) is 81.0 Å². The molecule has 1 saturated heterocycles. The minimum absolute atomic E-state index is 0.0179. The third kappa shape index (κ3) is 4.18. The van der Waals surface area contributed by atoms with Crippen LogP contribution in [0.3, 0.4) is 0 Å². The van der Waals surface area contributed by atoms with Crippen molar-refractivity contribution in [3.05, 3.63) is 41.6 Å². The second kappa shape index (κ2) is 8.53. The molecule has 138 valence electrons. The van der Waals surface area contributed by atoms with Gasteiger partial charge in [-0.2, -0.15) is 0 Å². The molecular weight excluding hydrogens is 333 g/mol. The van der Waals surface area contributed by atoms with Gasteiger partial charge in [-0.25, -0.2) is 0 Å². The van der Waals surface area contributed by atoms with Crippen LogP contribution in [0.4, 0.5) is 0 Å². The van der Waals surface area contributed by atoms with E-state index >= 15 is 0 Å². The fourth-order valence-corrected chi connectivity index (χ4v) is 3.03. The molecule has 3 rings (SSSR count). The van der Waals surface area contributed by atoms with Gasteiger partial charge >= 0.3 is 7.12 Å². The Morgan fingerprint density at radius 2 is 2.12 bits per heavy atom. The molecule has 0 unspecified atom stereocenters. The van der Waals surface area contributed by atoms with Crippen molar-refractivity contribution in [1.29, 1.82) is 0 Å². The number of benzene rings is 1. The van der Waals surface area contributed by atoms with E-state index in [1.165, 1.54) is 0 Å². The van der Waals surface area contributed by atoms with Gasteiger partial charge in [0.15, 0.2) is 11.5 Å². The Morgan fingerprint density at radius 3 is 2.77 bits per heavy atom. The predicted molar refractivity (Wildman–Crippen MR) is 99.4 cm³/mol. The molecule has 1 aromatic carbocycles. The molecule has 0 aliphatic carbocycles. The van der Waals surface area contributed by atoms with Crippen LogP contribution in [0.25, 0.3) is 11.3 Å². The molecule has 7 heteroatoms. The van der Waals surface area contributed by atoms with Crippen LogP contribution >= 0.6 is 0 Å². The first kappa shape index (κ1) is 18.7. The van der Waals surface area contributed by atoms with Crippen molar-refractivity contribution in [2.75, 3.05) is 20.3 Å². The average Bonchev–Trinajstić information content (AvgIpc) is 3.12. The van der Waals surface area contributed by atoms with E-state index < -0.39 is 7.12 Å². The van der Waals surface area contributed by atoms with Crippen LogP contribution < -0.4 is 9.47 Å². The normalized spacial score (nSPS) is 16.8. The Bertz CT molecular complexity index is 755. The number of rotatable bonds is 7. The monoisotopic (exact) mass is 357 g/mol. The summed E-state index contributed by atoms with van der Waals surface area (Å²) in [5.41, 5.74) is 3.22. The molecule has 1 fully saturated rings. The lowest BCUT2D eigenvalue weighted by molar-refractivity contribution is 0.280. The van der Waals surface area contributed by atoms with Gasteiger partial charge in [0, 0.05) is 23.8 Å². The Morgan fingerprint density at radius 1 is 1.27 bits per heavy atom. The summed E-state index contributed by atoms with van der Waals surface area (Å²) in [6.45, 7) is 3.00. The van der Waals surface area contributed by atoms with Crippen LogP contribution in [0.15, 0.2) is 30.3 Å². The van der Waals surface area contributed by atoms with Crippen molar-refractivity contribution >= 4 is 7.12 Å². The van der Waals surface area contributed by atoms with Gasteiger partial charge in [-0.15, -0.1) is 0 Å². The van der Waals surface area contributed by atoms with Crippen molar-refractivity contribution in [3.8, 4) is 22.8 Å². The molecule has 0 bridgehead atoms. The fraction of sp³-hybridized carbons (Fsp3) is 0.421. The van der Waals surface area contributed by atoms with E-state index in [1.54, 1.807) is 7.11 Å². The predicted octanol–water partition coefficient (Wildman–Crippen LogP) is 2.63. The molecule has 2 heterocycles. The van der Waals surface area contributed by atoms with E-state index in [0.29, 0.717) is 31.0 Å². The van der Waals surface area contributed by atoms with E-state index in [4.69, 9.17) is 19.1 Å². The zero-order chi connectivity index (χ0) is 18.5. The molecule has 1 aliphatic rings. The maximum absolute atomic E-state index is 9.63. The maximum atomic E-state index is 9.63. The van der Waals surface area contributed by atoms with Crippen LogP contribution in [-0.4, -0.2) is 42.6 Å². The van der Waals surface area contributed by atoms with Gasteiger partial charge in [0.2, 0.25) is 0 Å². The number of hydrogen-bond acceptors (Lipinski definition) is 6. The quantitative estimate of drug-likeness (QED) is 0.742. The Hall–Kier alpha value is -2.09. The summed E-state index contributed by atoms with van der Waals surface area (Å²) >= 11 is 0. The SMILES string of the molecule is CCCOc1cc(-c2cc(CO)cc([C@H]3COB(O)C3)n2)ccc1OC. The second-order valence-electron chi connectivity index (χ2n) is 6.38. The molecule has 1 atom stereocenters. The number of nitrogens with zero attached hydrogens (tertiary/aromatic N) is 1. The number of methoxy groups -OCH3 is 1. The minimum atomic E-state index is -0.752. The van der Waals surface area contributed by atoms with Crippen LogP contribution in [0, 0.1) is 0 Å². The lowest BCUT2D eigenvalue weighted by atomic mass is 9.81. The summed E-state index contributed by atoms with van der Waals surface area (Å²) < 4.78 is 16.4. The summed E-state index contributed by atoms with van der Waals surface area (Å²) in [5.74, 6) is 1.36. The molecule has 0 saturated carbocycles. The van der Waals surface area contributed by atoms with Gasteiger partial charge in [0.25, 0.3) is 0 Å². The minimum Gasteiger partial charge on any atom is -0.493 e. The smallest absolute Gasteiger partial charge is 0.454 e. The van der Waals surface area contributed by atoms with Crippen LogP contribution in [0.2, 0.25) is 6.32 Å². The first-order valence-electron chi connectivity index (χ1n) is 8.87. The number of aliphatic hydroxyl groups is 1. The van der Waals surface area contributed by atoms with Crippen molar-refractivity contribution in [3.63, 3.8) is 0 Å². The highest BCUT2D eigenvalue weighted by Crippen LogP contribution is 2.34. The Balaban J connectivity index is 1.97. The zero-order valence-electron chi connectivity index (χ0n) is 15.1. The maximum Gasteiger partial charge on any atom is 0.454 e. The summed E-state index contributed by atoms with van der Waals surface area (Å²) in [7, 11) is 0.861. The summed E-state index contributed by atoms with van der Waals surface area (Å²) in [6.07, 6.45) is 1.41. The first-order chi connectivity index (χ1) is 12.6. The molecule has 1 aromatic heterocycles. The van der Waals surface area contributed by atoms with Crippen molar-refractivity contribution in [1.82, 2.24) is 4.98 Å². The molecule has 2 N–H and O–H groups in total. The van der Waals surface area contributed by atoms with E-state index in [9.17, 15) is 10.1 Å². The molecule has 26 heavy (non-hydrogen) atoms. The highest BCUT2D eigenvalue weighted by molar-refractivity contribution is 6.43. The Kier molecular flexibility index (Phi) is 6.14. The van der Waals surface area contributed by atoms with Crippen molar-refractivity contribution in [2.45, 2.75) is 32.2 Å².